The zero-order valence-electron chi connectivity index (χ0n) is 14.1. The number of halogens is 1. The fourth-order valence-electron chi connectivity index (χ4n) is 3.02. The van der Waals surface area contributed by atoms with Crippen molar-refractivity contribution in [3.8, 4) is 0 Å². The van der Waals surface area contributed by atoms with Gasteiger partial charge in [-0.3, -0.25) is 5.32 Å². The molecule has 0 aromatic heterocycles. The number of rotatable bonds is 6. The molecular weight excluding hydrogens is 336 g/mol. The molecule has 0 spiro atoms. The van der Waals surface area contributed by atoms with Gasteiger partial charge in [0.05, 0.1) is 6.61 Å². The number of benzene rings is 2. The zero-order valence-corrected chi connectivity index (χ0v) is 14.9. The summed E-state index contributed by atoms with van der Waals surface area (Å²) in [6, 6.07) is 15.7. The topological polar surface area (TPSA) is 50.4 Å². The maximum atomic E-state index is 11.8. The Labute approximate surface area is 153 Å². The highest BCUT2D eigenvalue weighted by atomic mass is 35.5. The molecular formula is C20H23ClN2O2. The molecule has 5 heteroatoms. The van der Waals surface area contributed by atoms with Crippen molar-refractivity contribution in [3.63, 3.8) is 0 Å². The minimum absolute atomic E-state index is 0.389. The molecule has 1 amide bonds. The van der Waals surface area contributed by atoms with Gasteiger partial charge in [-0.2, -0.15) is 0 Å². The Bertz CT molecular complexity index is 680. The lowest BCUT2D eigenvalue weighted by molar-refractivity contribution is 0.160. The summed E-state index contributed by atoms with van der Waals surface area (Å²) in [5.74, 6) is 0.578. The number of aryl methyl sites for hydroxylation is 1. The van der Waals surface area contributed by atoms with Gasteiger partial charge in [-0.25, -0.2) is 4.79 Å². The van der Waals surface area contributed by atoms with E-state index in [1.165, 1.54) is 17.5 Å². The van der Waals surface area contributed by atoms with Gasteiger partial charge < -0.3 is 10.1 Å². The van der Waals surface area contributed by atoms with Crippen LogP contribution in [0.15, 0.2) is 48.5 Å². The highest BCUT2D eigenvalue weighted by Crippen LogP contribution is 2.23. The maximum absolute atomic E-state index is 11.8. The maximum Gasteiger partial charge on any atom is 0.411 e. The van der Waals surface area contributed by atoms with E-state index in [1.807, 2.05) is 36.4 Å². The zero-order chi connectivity index (χ0) is 17.5. The molecule has 0 aliphatic carbocycles. The number of ether oxygens (including phenoxy) is 1. The second kappa shape index (κ2) is 8.88. The van der Waals surface area contributed by atoms with Crippen LogP contribution in [-0.2, 0) is 11.2 Å². The van der Waals surface area contributed by atoms with E-state index in [-0.39, 0.29) is 0 Å². The van der Waals surface area contributed by atoms with E-state index in [2.05, 4.69) is 22.8 Å². The summed E-state index contributed by atoms with van der Waals surface area (Å²) in [6.45, 7) is 2.50. The largest absolute Gasteiger partial charge is 0.449 e. The van der Waals surface area contributed by atoms with Crippen LogP contribution in [0.5, 0.6) is 0 Å². The Hall–Kier alpha value is -2.04. The molecule has 0 saturated carbocycles. The first-order valence-electron chi connectivity index (χ1n) is 8.69. The monoisotopic (exact) mass is 358 g/mol. The molecule has 0 radical (unpaired) electrons. The standard InChI is InChI=1S/C20H23ClN2O2/c21-18-7-3-15(4-8-18)2-1-13-25-20(24)23-19-9-5-16(6-10-19)17-11-12-22-14-17/h3-10,17,22H,1-2,11-14H2,(H,23,24). The first-order chi connectivity index (χ1) is 12.2. The summed E-state index contributed by atoms with van der Waals surface area (Å²) in [6.07, 6.45) is 2.39. The molecule has 1 heterocycles. The van der Waals surface area contributed by atoms with Crippen molar-refractivity contribution >= 4 is 23.4 Å². The molecule has 1 fully saturated rings. The third-order valence-corrected chi connectivity index (χ3v) is 4.70. The molecule has 1 atom stereocenters. The van der Waals surface area contributed by atoms with Crippen LogP contribution >= 0.6 is 11.6 Å². The second-order valence-corrected chi connectivity index (χ2v) is 6.74. The molecule has 25 heavy (non-hydrogen) atoms. The van der Waals surface area contributed by atoms with Crippen LogP contribution in [0, 0.1) is 0 Å². The van der Waals surface area contributed by atoms with E-state index in [0.717, 1.165) is 36.6 Å². The van der Waals surface area contributed by atoms with E-state index >= 15 is 0 Å². The summed E-state index contributed by atoms with van der Waals surface area (Å²) in [5, 5.41) is 6.87. The number of carbonyl (C=O) groups excluding carboxylic acids is 1. The highest BCUT2D eigenvalue weighted by molar-refractivity contribution is 6.30. The molecule has 2 N–H and O–H groups in total. The van der Waals surface area contributed by atoms with Crippen LogP contribution in [0.4, 0.5) is 10.5 Å². The number of nitrogens with one attached hydrogen (secondary N) is 2. The lowest BCUT2D eigenvalue weighted by Crippen LogP contribution is -2.14. The van der Waals surface area contributed by atoms with Gasteiger partial charge in [0, 0.05) is 17.3 Å². The number of anilines is 1. The molecule has 1 unspecified atom stereocenters. The molecule has 2 aromatic rings. The molecule has 1 aliphatic heterocycles. The highest BCUT2D eigenvalue weighted by Gasteiger charge is 2.16. The van der Waals surface area contributed by atoms with Crippen LogP contribution in [0.3, 0.4) is 0 Å². The number of amides is 1. The molecule has 132 valence electrons. The number of hydrogen-bond donors (Lipinski definition) is 2. The Morgan fingerprint density at radius 3 is 2.60 bits per heavy atom. The molecule has 1 aliphatic rings. The third kappa shape index (κ3) is 5.48. The molecule has 4 nitrogen and oxygen atoms in total. The Balaban J connectivity index is 1.37. The summed E-state index contributed by atoms with van der Waals surface area (Å²) in [4.78, 5) is 11.8. The number of hydrogen-bond acceptors (Lipinski definition) is 3. The lowest BCUT2D eigenvalue weighted by atomic mass is 9.98. The van der Waals surface area contributed by atoms with Crippen molar-refractivity contribution in [2.45, 2.75) is 25.2 Å². The first kappa shape index (κ1) is 17.8. The second-order valence-electron chi connectivity index (χ2n) is 6.30. The smallest absolute Gasteiger partial charge is 0.411 e. The van der Waals surface area contributed by atoms with Crippen molar-refractivity contribution < 1.29 is 9.53 Å². The summed E-state index contributed by atoms with van der Waals surface area (Å²) in [7, 11) is 0. The van der Waals surface area contributed by atoms with Gasteiger partial charge in [-0.15, -0.1) is 0 Å². The van der Waals surface area contributed by atoms with Gasteiger partial charge in [0.25, 0.3) is 0 Å². The quantitative estimate of drug-likeness (QED) is 0.742. The van der Waals surface area contributed by atoms with E-state index in [9.17, 15) is 4.79 Å². The van der Waals surface area contributed by atoms with E-state index in [1.54, 1.807) is 0 Å². The third-order valence-electron chi connectivity index (χ3n) is 4.45. The molecule has 2 aromatic carbocycles. The number of carbonyl (C=O) groups is 1. The van der Waals surface area contributed by atoms with Crippen molar-refractivity contribution in [1.82, 2.24) is 5.32 Å². The summed E-state index contributed by atoms with van der Waals surface area (Å²) in [5.41, 5.74) is 3.26. The van der Waals surface area contributed by atoms with Crippen LogP contribution in [0.1, 0.15) is 29.9 Å². The van der Waals surface area contributed by atoms with Gasteiger partial charge in [0.15, 0.2) is 0 Å². The Morgan fingerprint density at radius 1 is 1.16 bits per heavy atom. The first-order valence-corrected chi connectivity index (χ1v) is 9.07. The van der Waals surface area contributed by atoms with Gasteiger partial charge in [-0.1, -0.05) is 35.9 Å². The predicted molar refractivity (Wildman–Crippen MR) is 101 cm³/mol. The summed E-state index contributed by atoms with van der Waals surface area (Å²) < 4.78 is 5.24. The Kier molecular flexibility index (Phi) is 6.31. The SMILES string of the molecule is O=C(Nc1ccc(C2CCNC2)cc1)OCCCc1ccc(Cl)cc1. The predicted octanol–water partition coefficient (Wildman–Crippen LogP) is 4.60. The van der Waals surface area contributed by atoms with Crippen LogP contribution in [0.2, 0.25) is 5.02 Å². The minimum Gasteiger partial charge on any atom is -0.449 e. The van der Waals surface area contributed by atoms with Gasteiger partial charge >= 0.3 is 6.09 Å². The summed E-state index contributed by atoms with van der Waals surface area (Å²) >= 11 is 5.86. The van der Waals surface area contributed by atoms with E-state index < -0.39 is 6.09 Å². The average Bonchev–Trinajstić information content (AvgIpc) is 3.15. The van der Waals surface area contributed by atoms with Crippen molar-refractivity contribution in [2.75, 3.05) is 25.0 Å². The average molecular weight is 359 g/mol. The molecule has 1 saturated heterocycles. The normalized spacial score (nSPS) is 16.6. The molecule has 0 bridgehead atoms. The van der Waals surface area contributed by atoms with Crippen LogP contribution in [0.25, 0.3) is 0 Å². The van der Waals surface area contributed by atoms with Crippen molar-refractivity contribution in [2.24, 2.45) is 0 Å². The van der Waals surface area contributed by atoms with Gasteiger partial charge in [-0.05, 0) is 67.1 Å². The van der Waals surface area contributed by atoms with E-state index in [0.29, 0.717) is 12.5 Å². The fourth-order valence-corrected chi connectivity index (χ4v) is 3.15. The minimum atomic E-state index is -0.411. The van der Waals surface area contributed by atoms with Crippen molar-refractivity contribution in [3.05, 3.63) is 64.7 Å². The molecule has 3 rings (SSSR count). The fraction of sp³-hybridized carbons (Fsp3) is 0.350. The van der Waals surface area contributed by atoms with Gasteiger partial charge in [0.2, 0.25) is 0 Å². The van der Waals surface area contributed by atoms with E-state index in [4.69, 9.17) is 16.3 Å². The van der Waals surface area contributed by atoms with Crippen molar-refractivity contribution in [1.29, 1.82) is 0 Å². The lowest BCUT2D eigenvalue weighted by Gasteiger charge is -2.11. The Morgan fingerprint density at radius 2 is 1.92 bits per heavy atom. The van der Waals surface area contributed by atoms with Gasteiger partial charge in [0.1, 0.15) is 0 Å². The van der Waals surface area contributed by atoms with Crippen LogP contribution < -0.4 is 10.6 Å². The van der Waals surface area contributed by atoms with Crippen LogP contribution in [-0.4, -0.2) is 25.8 Å².